The quantitative estimate of drug-likeness (QED) is 0.772. The van der Waals surface area contributed by atoms with Crippen LogP contribution >= 0.6 is 0 Å². The Labute approximate surface area is 165 Å². The van der Waals surface area contributed by atoms with Crippen molar-refractivity contribution in [3.8, 4) is 5.75 Å². The molecular formula is C22H27N3O3. The van der Waals surface area contributed by atoms with Gasteiger partial charge in [0.1, 0.15) is 5.75 Å². The van der Waals surface area contributed by atoms with E-state index in [9.17, 15) is 9.59 Å². The molecule has 2 aromatic carbocycles. The van der Waals surface area contributed by atoms with Gasteiger partial charge < -0.3 is 15.8 Å². The van der Waals surface area contributed by atoms with E-state index in [4.69, 9.17) is 10.5 Å². The van der Waals surface area contributed by atoms with E-state index in [1.54, 1.807) is 0 Å². The molecule has 0 saturated carbocycles. The minimum absolute atomic E-state index is 0.0516. The lowest BCUT2D eigenvalue weighted by Gasteiger charge is -2.22. The minimum Gasteiger partial charge on any atom is -0.483 e. The number of ether oxygens (including phenoxy) is 1. The van der Waals surface area contributed by atoms with Crippen LogP contribution in [0, 0.1) is 13.8 Å². The first kappa shape index (κ1) is 19.9. The summed E-state index contributed by atoms with van der Waals surface area (Å²) >= 11 is 0. The Kier molecular flexibility index (Phi) is 6.31. The highest BCUT2D eigenvalue weighted by molar-refractivity contribution is 5.92. The Morgan fingerprint density at radius 2 is 2.04 bits per heavy atom. The van der Waals surface area contributed by atoms with Crippen molar-refractivity contribution < 1.29 is 14.3 Å². The first-order valence-corrected chi connectivity index (χ1v) is 9.54. The van der Waals surface area contributed by atoms with Crippen LogP contribution in [0.25, 0.3) is 0 Å². The number of carbonyl (C=O) groups excluding carboxylic acids is 2. The molecule has 0 bridgehead atoms. The van der Waals surface area contributed by atoms with E-state index in [1.165, 1.54) is 0 Å². The highest BCUT2D eigenvalue weighted by Gasteiger charge is 2.28. The molecule has 1 unspecified atom stereocenters. The highest BCUT2D eigenvalue weighted by atomic mass is 16.5. The second-order valence-electron chi connectivity index (χ2n) is 7.34. The van der Waals surface area contributed by atoms with Gasteiger partial charge in [0, 0.05) is 12.2 Å². The van der Waals surface area contributed by atoms with Gasteiger partial charge >= 0.3 is 0 Å². The lowest BCUT2D eigenvalue weighted by Crippen LogP contribution is -2.39. The van der Waals surface area contributed by atoms with Crippen LogP contribution in [0.4, 0.5) is 5.69 Å². The van der Waals surface area contributed by atoms with Crippen LogP contribution in [-0.2, 0) is 16.1 Å². The number of amides is 2. The molecule has 1 atom stereocenters. The van der Waals surface area contributed by atoms with Gasteiger partial charge in [-0.3, -0.25) is 14.5 Å². The Morgan fingerprint density at radius 3 is 2.79 bits per heavy atom. The molecule has 1 aliphatic heterocycles. The van der Waals surface area contributed by atoms with E-state index in [-0.39, 0.29) is 24.5 Å². The van der Waals surface area contributed by atoms with Crippen LogP contribution < -0.4 is 15.8 Å². The summed E-state index contributed by atoms with van der Waals surface area (Å²) in [6.07, 6.45) is 1.78. The van der Waals surface area contributed by atoms with E-state index in [1.807, 2.05) is 56.3 Å². The maximum atomic E-state index is 12.3. The number of likely N-dealkylation sites (tertiary alicyclic amines) is 1. The van der Waals surface area contributed by atoms with Crippen LogP contribution in [0.5, 0.6) is 5.75 Å². The van der Waals surface area contributed by atoms with Gasteiger partial charge in [-0.15, -0.1) is 0 Å². The Bertz CT molecular complexity index is 866. The molecule has 6 heteroatoms. The minimum atomic E-state index is -0.273. The number of nitrogens with zero attached hydrogens (tertiary/aromatic N) is 1. The number of aryl methyl sites for hydroxylation is 2. The molecule has 6 nitrogen and oxygen atoms in total. The van der Waals surface area contributed by atoms with Crippen LogP contribution in [0.2, 0.25) is 0 Å². The molecule has 3 N–H and O–H groups in total. The van der Waals surface area contributed by atoms with Crippen molar-refractivity contribution in [2.24, 2.45) is 5.73 Å². The standard InChI is InChI=1S/C22H27N3O3/c1-15-8-9-20(16(2)11-15)28-14-21(26)24-18-6-3-5-17(12-18)13-25-10-4-7-19(25)22(23)27/h3,5-6,8-9,11-12,19H,4,7,10,13-14H2,1-2H3,(H2,23,27)(H,24,26). The summed E-state index contributed by atoms with van der Waals surface area (Å²) in [5.74, 6) is 0.222. The van der Waals surface area contributed by atoms with E-state index in [2.05, 4.69) is 10.2 Å². The smallest absolute Gasteiger partial charge is 0.262 e. The summed E-state index contributed by atoms with van der Waals surface area (Å²) < 4.78 is 5.63. The summed E-state index contributed by atoms with van der Waals surface area (Å²) in [7, 11) is 0. The van der Waals surface area contributed by atoms with Gasteiger partial charge in [-0.2, -0.15) is 0 Å². The van der Waals surface area contributed by atoms with Gasteiger partial charge in [0.15, 0.2) is 6.61 Å². The first-order valence-electron chi connectivity index (χ1n) is 9.54. The molecule has 1 heterocycles. The third-order valence-electron chi connectivity index (χ3n) is 4.98. The zero-order valence-electron chi connectivity index (χ0n) is 16.4. The van der Waals surface area contributed by atoms with Crippen molar-refractivity contribution in [1.82, 2.24) is 4.90 Å². The van der Waals surface area contributed by atoms with Crippen molar-refractivity contribution >= 4 is 17.5 Å². The topological polar surface area (TPSA) is 84.7 Å². The second-order valence-corrected chi connectivity index (χ2v) is 7.34. The molecule has 0 aliphatic carbocycles. The molecule has 0 aromatic heterocycles. The molecule has 0 radical (unpaired) electrons. The van der Waals surface area contributed by atoms with Crippen LogP contribution in [0.1, 0.15) is 29.5 Å². The molecule has 148 valence electrons. The largest absolute Gasteiger partial charge is 0.483 e. The first-order chi connectivity index (χ1) is 13.4. The van der Waals surface area contributed by atoms with Crippen molar-refractivity contribution in [3.63, 3.8) is 0 Å². The third kappa shape index (κ3) is 5.10. The van der Waals surface area contributed by atoms with Crippen LogP contribution in [0.3, 0.4) is 0 Å². The van der Waals surface area contributed by atoms with Gasteiger partial charge in [0.2, 0.25) is 5.91 Å². The predicted molar refractivity (Wildman–Crippen MR) is 109 cm³/mol. The van der Waals surface area contributed by atoms with Crippen molar-refractivity contribution in [1.29, 1.82) is 0 Å². The monoisotopic (exact) mass is 381 g/mol. The molecule has 3 rings (SSSR count). The number of anilines is 1. The maximum Gasteiger partial charge on any atom is 0.262 e. The summed E-state index contributed by atoms with van der Waals surface area (Å²) in [5.41, 5.74) is 9.38. The van der Waals surface area contributed by atoms with Crippen LogP contribution in [-0.4, -0.2) is 35.9 Å². The molecule has 1 saturated heterocycles. The van der Waals surface area contributed by atoms with Gasteiger partial charge in [-0.05, 0) is 62.6 Å². The molecule has 28 heavy (non-hydrogen) atoms. The molecular weight excluding hydrogens is 354 g/mol. The summed E-state index contributed by atoms with van der Waals surface area (Å²) in [5, 5.41) is 2.87. The number of hydrogen-bond acceptors (Lipinski definition) is 4. The van der Waals surface area contributed by atoms with E-state index < -0.39 is 0 Å². The normalized spacial score (nSPS) is 16.7. The summed E-state index contributed by atoms with van der Waals surface area (Å²) in [4.78, 5) is 25.9. The third-order valence-corrected chi connectivity index (χ3v) is 4.98. The fraction of sp³-hybridized carbons (Fsp3) is 0.364. The van der Waals surface area contributed by atoms with E-state index in [0.29, 0.717) is 18.0 Å². The van der Waals surface area contributed by atoms with Crippen molar-refractivity contribution in [2.45, 2.75) is 39.3 Å². The van der Waals surface area contributed by atoms with Gasteiger partial charge in [0.25, 0.3) is 5.91 Å². The van der Waals surface area contributed by atoms with Gasteiger partial charge in [-0.25, -0.2) is 0 Å². The number of benzene rings is 2. The number of rotatable bonds is 7. The number of primary amides is 1. The number of nitrogens with two attached hydrogens (primary N) is 1. The predicted octanol–water partition coefficient (Wildman–Crippen LogP) is 2.77. The molecule has 1 aliphatic rings. The average Bonchev–Trinajstić information content (AvgIpc) is 3.09. The number of carbonyl (C=O) groups is 2. The summed E-state index contributed by atoms with van der Waals surface area (Å²) in [6.45, 7) is 5.42. The highest BCUT2D eigenvalue weighted by Crippen LogP contribution is 2.22. The Hall–Kier alpha value is -2.86. The van der Waals surface area contributed by atoms with Gasteiger partial charge in [0.05, 0.1) is 6.04 Å². The molecule has 1 fully saturated rings. The van der Waals surface area contributed by atoms with Gasteiger partial charge in [-0.1, -0.05) is 29.8 Å². The van der Waals surface area contributed by atoms with E-state index >= 15 is 0 Å². The number of nitrogens with one attached hydrogen (secondary N) is 1. The fourth-order valence-corrected chi connectivity index (χ4v) is 3.62. The zero-order chi connectivity index (χ0) is 20.1. The molecule has 2 aromatic rings. The second kappa shape index (κ2) is 8.89. The Morgan fingerprint density at radius 1 is 1.21 bits per heavy atom. The lowest BCUT2D eigenvalue weighted by molar-refractivity contribution is -0.122. The lowest BCUT2D eigenvalue weighted by atomic mass is 10.1. The van der Waals surface area contributed by atoms with Crippen LogP contribution in [0.15, 0.2) is 42.5 Å². The average molecular weight is 381 g/mol. The zero-order valence-corrected chi connectivity index (χ0v) is 16.4. The number of hydrogen-bond donors (Lipinski definition) is 2. The SMILES string of the molecule is Cc1ccc(OCC(=O)Nc2cccc(CN3CCCC3C(N)=O)c2)c(C)c1. The Balaban J connectivity index is 1.56. The van der Waals surface area contributed by atoms with Crippen molar-refractivity contribution in [3.05, 3.63) is 59.2 Å². The molecule has 2 amide bonds. The fourth-order valence-electron chi connectivity index (χ4n) is 3.62. The van der Waals surface area contributed by atoms with E-state index in [0.717, 1.165) is 36.1 Å². The molecule has 0 spiro atoms. The summed E-state index contributed by atoms with van der Waals surface area (Å²) in [6, 6.07) is 13.3. The van der Waals surface area contributed by atoms with Crippen molar-refractivity contribution in [2.75, 3.05) is 18.5 Å². The maximum absolute atomic E-state index is 12.3.